The molecular weight excluding hydrogens is 188 g/mol. The Morgan fingerprint density at radius 2 is 2.07 bits per heavy atom. The smallest absolute Gasteiger partial charge is 0.133 e. The van der Waals surface area contributed by atoms with Crippen molar-refractivity contribution in [3.05, 3.63) is 0 Å². The van der Waals surface area contributed by atoms with Crippen LogP contribution >= 0.6 is 0 Å². The van der Waals surface area contributed by atoms with Gasteiger partial charge in [0.1, 0.15) is 5.78 Å². The highest BCUT2D eigenvalue weighted by molar-refractivity contribution is 5.79. The highest BCUT2D eigenvalue weighted by atomic mass is 16.1. The first-order chi connectivity index (χ1) is 7.15. The number of nitriles is 1. The van der Waals surface area contributed by atoms with Gasteiger partial charge in [0.15, 0.2) is 0 Å². The average molecular weight is 208 g/mol. The van der Waals surface area contributed by atoms with Crippen LogP contribution in [0.5, 0.6) is 0 Å². The molecule has 1 saturated carbocycles. The second-order valence-electron chi connectivity index (χ2n) is 4.51. The lowest BCUT2D eigenvalue weighted by Gasteiger charge is -2.36. The van der Waals surface area contributed by atoms with E-state index in [1.165, 1.54) is 0 Å². The molecule has 0 saturated heterocycles. The largest absolute Gasteiger partial charge is 0.300 e. The molecule has 0 heterocycles. The number of rotatable bonds is 4. The van der Waals surface area contributed by atoms with Crippen molar-refractivity contribution in [1.82, 2.24) is 4.90 Å². The topological polar surface area (TPSA) is 44.1 Å². The Bertz CT molecular complexity index is 245. The Balaban J connectivity index is 2.48. The number of carbonyl (C=O) groups is 1. The molecule has 0 spiro atoms. The van der Waals surface area contributed by atoms with Gasteiger partial charge >= 0.3 is 0 Å². The second-order valence-corrected chi connectivity index (χ2v) is 4.51. The molecule has 15 heavy (non-hydrogen) atoms. The van der Waals surface area contributed by atoms with E-state index in [2.05, 4.69) is 24.8 Å². The molecule has 0 atom stereocenters. The van der Waals surface area contributed by atoms with Crippen LogP contribution in [0.25, 0.3) is 0 Å². The Labute approximate surface area is 92.1 Å². The van der Waals surface area contributed by atoms with Crippen LogP contribution in [-0.2, 0) is 4.79 Å². The van der Waals surface area contributed by atoms with Crippen molar-refractivity contribution in [2.45, 2.75) is 58.0 Å². The van der Waals surface area contributed by atoms with Gasteiger partial charge in [0, 0.05) is 37.9 Å². The summed E-state index contributed by atoms with van der Waals surface area (Å²) in [5, 5.41) is 8.61. The molecule has 0 aromatic carbocycles. The van der Waals surface area contributed by atoms with Crippen LogP contribution in [0.1, 0.15) is 46.0 Å². The molecule has 1 aliphatic rings. The third-order valence-electron chi connectivity index (χ3n) is 3.13. The SMILES string of the molecule is CC(C)N(CCC#N)C1CCC(=O)CC1. The fourth-order valence-corrected chi connectivity index (χ4v) is 2.30. The zero-order chi connectivity index (χ0) is 11.3. The molecule has 0 aromatic heterocycles. The number of ketones is 1. The molecule has 0 amide bonds. The first kappa shape index (κ1) is 12.2. The quantitative estimate of drug-likeness (QED) is 0.710. The highest BCUT2D eigenvalue weighted by Gasteiger charge is 2.25. The fourth-order valence-electron chi connectivity index (χ4n) is 2.30. The molecule has 0 unspecified atom stereocenters. The summed E-state index contributed by atoms with van der Waals surface area (Å²) in [6.07, 6.45) is 3.98. The number of nitrogens with zero attached hydrogens (tertiary/aromatic N) is 2. The van der Waals surface area contributed by atoms with E-state index in [1.54, 1.807) is 0 Å². The van der Waals surface area contributed by atoms with E-state index in [0.29, 0.717) is 24.3 Å². The number of hydrogen-bond donors (Lipinski definition) is 0. The fraction of sp³-hybridized carbons (Fsp3) is 0.833. The summed E-state index contributed by atoms with van der Waals surface area (Å²) in [7, 11) is 0. The summed E-state index contributed by atoms with van der Waals surface area (Å²) >= 11 is 0. The summed E-state index contributed by atoms with van der Waals surface area (Å²) < 4.78 is 0. The minimum Gasteiger partial charge on any atom is -0.300 e. The predicted octanol–water partition coefficient (Wildman–Crippen LogP) is 2.12. The number of Topliss-reactive ketones (excluding diaryl/α,β-unsaturated/α-hetero) is 1. The van der Waals surface area contributed by atoms with Gasteiger partial charge in [-0.2, -0.15) is 5.26 Å². The van der Waals surface area contributed by atoms with Crippen molar-refractivity contribution < 1.29 is 4.79 Å². The predicted molar refractivity (Wildman–Crippen MR) is 59.3 cm³/mol. The van der Waals surface area contributed by atoms with Crippen LogP contribution in [-0.4, -0.2) is 29.3 Å². The van der Waals surface area contributed by atoms with Crippen molar-refractivity contribution in [2.24, 2.45) is 0 Å². The van der Waals surface area contributed by atoms with Crippen molar-refractivity contribution >= 4 is 5.78 Å². The van der Waals surface area contributed by atoms with Gasteiger partial charge in [0.05, 0.1) is 6.07 Å². The monoisotopic (exact) mass is 208 g/mol. The molecule has 0 radical (unpaired) electrons. The Hall–Kier alpha value is -0.880. The van der Waals surface area contributed by atoms with E-state index in [4.69, 9.17) is 5.26 Å². The van der Waals surface area contributed by atoms with E-state index in [9.17, 15) is 4.79 Å². The van der Waals surface area contributed by atoms with Crippen molar-refractivity contribution in [3.8, 4) is 6.07 Å². The molecule has 1 aliphatic carbocycles. The number of carbonyl (C=O) groups excluding carboxylic acids is 1. The maximum Gasteiger partial charge on any atom is 0.133 e. The Morgan fingerprint density at radius 1 is 1.47 bits per heavy atom. The van der Waals surface area contributed by atoms with Crippen molar-refractivity contribution in [2.75, 3.05) is 6.54 Å². The Morgan fingerprint density at radius 3 is 2.53 bits per heavy atom. The lowest BCUT2D eigenvalue weighted by atomic mass is 9.92. The maximum atomic E-state index is 11.1. The average Bonchev–Trinajstić information content (AvgIpc) is 2.21. The third-order valence-corrected chi connectivity index (χ3v) is 3.13. The molecule has 0 N–H and O–H groups in total. The molecule has 0 aromatic rings. The summed E-state index contributed by atoms with van der Waals surface area (Å²) in [5.41, 5.74) is 0. The normalized spacial score (nSPS) is 18.5. The Kier molecular flexibility index (Phi) is 4.77. The number of hydrogen-bond acceptors (Lipinski definition) is 3. The lowest BCUT2D eigenvalue weighted by molar-refractivity contribution is -0.121. The maximum absolute atomic E-state index is 11.1. The summed E-state index contributed by atoms with van der Waals surface area (Å²) in [4.78, 5) is 13.5. The molecule has 1 fully saturated rings. The standard InChI is InChI=1S/C12H20N2O/c1-10(2)14(9-3-8-13)11-4-6-12(15)7-5-11/h10-11H,3-7,9H2,1-2H3. The first-order valence-corrected chi connectivity index (χ1v) is 5.79. The van der Waals surface area contributed by atoms with E-state index in [0.717, 1.165) is 32.2 Å². The summed E-state index contributed by atoms with van der Waals surface area (Å²) in [6, 6.07) is 3.17. The van der Waals surface area contributed by atoms with Gasteiger partial charge in [0.25, 0.3) is 0 Å². The van der Waals surface area contributed by atoms with Crippen LogP contribution in [0.2, 0.25) is 0 Å². The highest BCUT2D eigenvalue weighted by Crippen LogP contribution is 2.22. The van der Waals surface area contributed by atoms with Crippen LogP contribution < -0.4 is 0 Å². The third kappa shape index (κ3) is 3.64. The molecule has 3 nitrogen and oxygen atoms in total. The van der Waals surface area contributed by atoms with Gasteiger partial charge in [-0.25, -0.2) is 0 Å². The van der Waals surface area contributed by atoms with Gasteiger partial charge in [-0.05, 0) is 26.7 Å². The molecule has 0 aliphatic heterocycles. The van der Waals surface area contributed by atoms with Crippen LogP contribution in [0.4, 0.5) is 0 Å². The van der Waals surface area contributed by atoms with Gasteiger partial charge in [-0.15, -0.1) is 0 Å². The summed E-state index contributed by atoms with van der Waals surface area (Å²) in [6.45, 7) is 5.16. The van der Waals surface area contributed by atoms with E-state index >= 15 is 0 Å². The summed E-state index contributed by atoms with van der Waals surface area (Å²) in [5.74, 6) is 0.398. The molecule has 1 rings (SSSR count). The van der Waals surface area contributed by atoms with Crippen LogP contribution in [0, 0.1) is 11.3 Å². The van der Waals surface area contributed by atoms with Gasteiger partial charge in [-0.3, -0.25) is 9.69 Å². The van der Waals surface area contributed by atoms with Crippen LogP contribution in [0.3, 0.4) is 0 Å². The molecule has 84 valence electrons. The van der Waals surface area contributed by atoms with E-state index < -0.39 is 0 Å². The molecule has 3 heteroatoms. The first-order valence-electron chi connectivity index (χ1n) is 5.79. The van der Waals surface area contributed by atoms with Crippen LogP contribution in [0.15, 0.2) is 0 Å². The minimum absolute atomic E-state index is 0.398. The van der Waals surface area contributed by atoms with Gasteiger partial charge < -0.3 is 0 Å². The van der Waals surface area contributed by atoms with E-state index in [-0.39, 0.29) is 0 Å². The minimum atomic E-state index is 0.398. The zero-order valence-corrected chi connectivity index (χ0v) is 9.70. The molecule has 0 bridgehead atoms. The lowest BCUT2D eigenvalue weighted by Crippen LogP contribution is -2.43. The van der Waals surface area contributed by atoms with Crippen molar-refractivity contribution in [3.63, 3.8) is 0 Å². The van der Waals surface area contributed by atoms with Gasteiger partial charge in [0.2, 0.25) is 0 Å². The second kappa shape index (κ2) is 5.87. The molecular formula is C12H20N2O. The zero-order valence-electron chi connectivity index (χ0n) is 9.70. The van der Waals surface area contributed by atoms with Gasteiger partial charge in [-0.1, -0.05) is 0 Å². The van der Waals surface area contributed by atoms with Crippen molar-refractivity contribution in [1.29, 1.82) is 5.26 Å². The van der Waals surface area contributed by atoms with E-state index in [1.807, 2.05) is 0 Å².